The molecule has 0 heterocycles. The smallest absolute Gasteiger partial charge is 0.0593 e. The maximum atomic E-state index is 2.43. The van der Waals surface area contributed by atoms with Gasteiger partial charge in [0.05, 0.1) is 10.9 Å². The van der Waals surface area contributed by atoms with Gasteiger partial charge in [-0.1, -0.05) is 6.07 Å². The fourth-order valence-electron chi connectivity index (χ4n) is 3.36. The van der Waals surface area contributed by atoms with Crippen LogP contribution in [0.15, 0.2) is 42.0 Å². The van der Waals surface area contributed by atoms with Crippen LogP contribution >= 0.6 is 0 Å². The minimum atomic E-state index is 1.18. The quantitative estimate of drug-likeness (QED) is 0.562. The second-order valence-corrected chi connectivity index (χ2v) is 5.09. The van der Waals surface area contributed by atoms with Crippen LogP contribution in [-0.2, 0) is 0 Å². The van der Waals surface area contributed by atoms with Crippen LogP contribution in [0.5, 0.6) is 0 Å². The summed E-state index contributed by atoms with van der Waals surface area (Å²) >= 11 is 0. The zero-order valence-electron chi connectivity index (χ0n) is 9.87. The first-order chi connectivity index (χ1) is 8.43. The van der Waals surface area contributed by atoms with Crippen molar-refractivity contribution in [2.75, 3.05) is 0 Å². The van der Waals surface area contributed by atoms with Gasteiger partial charge in [-0.25, -0.2) is 0 Å². The predicted octanol–water partition coefficient (Wildman–Crippen LogP) is 4.73. The van der Waals surface area contributed by atoms with E-state index in [9.17, 15) is 0 Å². The van der Waals surface area contributed by atoms with Crippen molar-refractivity contribution in [3.8, 4) is 0 Å². The van der Waals surface area contributed by atoms with Crippen LogP contribution in [-0.4, -0.2) is 0 Å². The van der Waals surface area contributed by atoms with E-state index in [1.54, 1.807) is 11.1 Å². The molecule has 2 aliphatic carbocycles. The van der Waals surface area contributed by atoms with Gasteiger partial charge in [0.15, 0.2) is 0 Å². The molecule has 0 heteroatoms. The van der Waals surface area contributed by atoms with E-state index in [-0.39, 0.29) is 0 Å². The van der Waals surface area contributed by atoms with Crippen LogP contribution in [0, 0.1) is 6.42 Å². The maximum Gasteiger partial charge on any atom is 0.145 e. The average Bonchev–Trinajstić information content (AvgIpc) is 2.86. The molecule has 17 heavy (non-hydrogen) atoms. The molecular weight excluding hydrogens is 204 g/mol. The van der Waals surface area contributed by atoms with E-state index in [2.05, 4.69) is 42.8 Å². The number of benzene rings is 2. The molecule has 0 spiro atoms. The highest BCUT2D eigenvalue weighted by molar-refractivity contribution is 5.93. The molecule has 2 aliphatic rings. The van der Waals surface area contributed by atoms with Gasteiger partial charge < -0.3 is 0 Å². The lowest BCUT2D eigenvalue weighted by Crippen LogP contribution is -2.00. The van der Waals surface area contributed by atoms with E-state index >= 15 is 0 Å². The van der Waals surface area contributed by atoms with Crippen molar-refractivity contribution < 1.29 is 0 Å². The Balaban J connectivity index is 2.04. The molecule has 0 atom stereocenters. The molecule has 0 amide bonds. The lowest BCUT2D eigenvalue weighted by atomic mass is 9.84. The van der Waals surface area contributed by atoms with Crippen LogP contribution in [0.4, 0.5) is 0 Å². The third-order valence-corrected chi connectivity index (χ3v) is 4.18. The first-order valence-electron chi connectivity index (χ1n) is 6.50. The van der Waals surface area contributed by atoms with Gasteiger partial charge in [-0.3, -0.25) is 0 Å². The molecular formula is C17H15+. The average molecular weight is 219 g/mol. The van der Waals surface area contributed by atoms with Crippen molar-refractivity contribution in [1.82, 2.24) is 0 Å². The molecule has 0 aromatic heterocycles. The van der Waals surface area contributed by atoms with E-state index in [0.717, 1.165) is 0 Å². The second kappa shape index (κ2) is 3.40. The summed E-state index contributed by atoms with van der Waals surface area (Å²) in [7, 11) is 0. The van der Waals surface area contributed by atoms with Crippen molar-refractivity contribution in [2.24, 2.45) is 0 Å². The Hall–Kier alpha value is -1.69. The largest absolute Gasteiger partial charge is 0.145 e. The summed E-state index contributed by atoms with van der Waals surface area (Å²) in [6.45, 7) is 0. The molecule has 2 aromatic rings. The van der Waals surface area contributed by atoms with Gasteiger partial charge in [-0.15, -0.1) is 0 Å². The fraction of sp³-hybridized carbons (Fsp3) is 0.235. The van der Waals surface area contributed by atoms with Crippen LogP contribution in [0.2, 0.25) is 0 Å². The zero-order valence-corrected chi connectivity index (χ0v) is 9.87. The molecule has 0 bridgehead atoms. The Morgan fingerprint density at radius 2 is 1.88 bits per heavy atom. The molecule has 82 valence electrons. The molecule has 0 radical (unpaired) electrons. The van der Waals surface area contributed by atoms with Crippen molar-refractivity contribution in [3.63, 3.8) is 0 Å². The van der Waals surface area contributed by atoms with E-state index in [1.165, 1.54) is 47.6 Å². The van der Waals surface area contributed by atoms with Crippen molar-refractivity contribution in [1.29, 1.82) is 0 Å². The Labute approximate surface area is 102 Å². The van der Waals surface area contributed by atoms with Gasteiger partial charge in [-0.2, -0.15) is 0 Å². The maximum absolute atomic E-state index is 2.43. The van der Waals surface area contributed by atoms with E-state index in [1.807, 2.05) is 0 Å². The van der Waals surface area contributed by atoms with Gasteiger partial charge in [0, 0.05) is 35.9 Å². The Morgan fingerprint density at radius 3 is 2.88 bits per heavy atom. The van der Waals surface area contributed by atoms with Crippen LogP contribution < -0.4 is 0 Å². The van der Waals surface area contributed by atoms with Crippen LogP contribution in [0.3, 0.4) is 0 Å². The van der Waals surface area contributed by atoms with Gasteiger partial charge in [0.2, 0.25) is 0 Å². The number of allylic oxidation sites excluding steroid dienone is 2. The SMILES string of the molecule is c1ccc2c3c(ccc2c1)C1=C(C[CH+]3)CCC1. The highest BCUT2D eigenvalue weighted by Crippen LogP contribution is 2.44. The highest BCUT2D eigenvalue weighted by Gasteiger charge is 2.30. The molecule has 2 aromatic carbocycles. The monoisotopic (exact) mass is 219 g/mol. The molecule has 0 saturated carbocycles. The van der Waals surface area contributed by atoms with Gasteiger partial charge >= 0.3 is 0 Å². The number of hydrogen-bond acceptors (Lipinski definition) is 0. The van der Waals surface area contributed by atoms with E-state index in [0.29, 0.717) is 0 Å². The topological polar surface area (TPSA) is 0 Å². The summed E-state index contributed by atoms with van der Waals surface area (Å²) in [5, 5.41) is 2.79. The Kier molecular flexibility index (Phi) is 1.87. The van der Waals surface area contributed by atoms with E-state index in [4.69, 9.17) is 0 Å². The molecule has 4 rings (SSSR count). The summed E-state index contributed by atoms with van der Waals surface area (Å²) in [5.41, 5.74) is 6.31. The highest BCUT2D eigenvalue weighted by atomic mass is 14.3. The van der Waals surface area contributed by atoms with Gasteiger partial charge in [0.25, 0.3) is 0 Å². The lowest BCUT2D eigenvalue weighted by Gasteiger charge is -2.13. The first kappa shape index (κ1) is 9.35. The first-order valence-corrected chi connectivity index (χ1v) is 6.50. The molecule has 0 saturated heterocycles. The summed E-state index contributed by atoms with van der Waals surface area (Å²) < 4.78 is 0. The van der Waals surface area contributed by atoms with Crippen molar-refractivity contribution in [2.45, 2.75) is 25.7 Å². The van der Waals surface area contributed by atoms with Gasteiger partial charge in [0.1, 0.15) is 5.56 Å². The molecule has 0 unspecified atom stereocenters. The van der Waals surface area contributed by atoms with Crippen LogP contribution in [0.25, 0.3) is 16.3 Å². The number of rotatable bonds is 0. The predicted molar refractivity (Wildman–Crippen MR) is 72.7 cm³/mol. The summed E-state index contributed by atoms with van der Waals surface area (Å²) in [6.07, 6.45) is 7.57. The summed E-state index contributed by atoms with van der Waals surface area (Å²) in [6, 6.07) is 13.3. The molecule has 0 N–H and O–H groups in total. The third-order valence-electron chi connectivity index (χ3n) is 4.18. The molecule has 0 nitrogen and oxygen atoms in total. The second-order valence-electron chi connectivity index (χ2n) is 5.09. The molecule has 0 fully saturated rings. The molecule has 0 aliphatic heterocycles. The Morgan fingerprint density at radius 1 is 0.941 bits per heavy atom. The minimum Gasteiger partial charge on any atom is -0.0593 e. The van der Waals surface area contributed by atoms with Crippen molar-refractivity contribution in [3.05, 3.63) is 59.5 Å². The summed E-state index contributed by atoms with van der Waals surface area (Å²) in [5.74, 6) is 0. The Bertz CT molecular complexity index is 632. The van der Waals surface area contributed by atoms with Crippen LogP contribution in [0.1, 0.15) is 36.8 Å². The fourth-order valence-corrected chi connectivity index (χ4v) is 3.36. The normalized spacial score (nSPS) is 17.9. The lowest BCUT2D eigenvalue weighted by molar-refractivity contribution is 0.891. The number of fused-ring (bicyclic) bond motifs is 4. The van der Waals surface area contributed by atoms with E-state index < -0.39 is 0 Å². The minimum absolute atomic E-state index is 1.18. The number of hydrogen-bond donors (Lipinski definition) is 0. The van der Waals surface area contributed by atoms with Gasteiger partial charge in [-0.05, 0) is 43.0 Å². The third kappa shape index (κ3) is 1.27. The van der Waals surface area contributed by atoms with Crippen molar-refractivity contribution >= 4 is 16.3 Å². The standard InChI is InChI=1S/C17H15/c1-2-6-14-12(4-1)8-10-17-15-7-3-5-13(15)9-11-16(14)17/h1-2,4,6,8,10-11H,3,5,7,9H2/q+1. The summed E-state index contributed by atoms with van der Waals surface area (Å²) in [4.78, 5) is 0. The zero-order chi connectivity index (χ0) is 11.2.